The van der Waals surface area contributed by atoms with Crippen molar-refractivity contribution in [2.45, 2.75) is 38.6 Å². The van der Waals surface area contributed by atoms with Gasteiger partial charge >= 0.3 is 0 Å². The van der Waals surface area contributed by atoms with E-state index in [2.05, 4.69) is 20.8 Å². The van der Waals surface area contributed by atoms with Crippen molar-refractivity contribution >= 4 is 15.7 Å². The maximum Gasteiger partial charge on any atom is 0.268 e. The van der Waals surface area contributed by atoms with Gasteiger partial charge in [0.05, 0.1) is 17.5 Å². The van der Waals surface area contributed by atoms with Crippen LogP contribution in [0.5, 0.6) is 0 Å². The second-order valence-electron chi connectivity index (χ2n) is 7.38. The summed E-state index contributed by atoms with van der Waals surface area (Å²) in [5.41, 5.74) is 1.77. The van der Waals surface area contributed by atoms with Crippen molar-refractivity contribution in [2.24, 2.45) is 0 Å². The lowest BCUT2D eigenvalue weighted by Gasteiger charge is -2.34. The van der Waals surface area contributed by atoms with Gasteiger partial charge in [-0.2, -0.15) is 0 Å². The monoisotopic (exact) mass is 338 g/mol. The summed E-state index contributed by atoms with van der Waals surface area (Å²) in [5, 5.41) is 3.25. The molecule has 5 nitrogen and oxygen atoms in total. The van der Waals surface area contributed by atoms with E-state index in [9.17, 15) is 13.2 Å². The predicted molar refractivity (Wildman–Crippen MR) is 92.1 cm³/mol. The van der Waals surface area contributed by atoms with Gasteiger partial charge < -0.3 is 0 Å². The Morgan fingerprint density at radius 1 is 1.13 bits per heavy atom. The molecule has 2 rings (SSSR count). The lowest BCUT2D eigenvalue weighted by molar-refractivity contribution is 0.00101. The van der Waals surface area contributed by atoms with Crippen molar-refractivity contribution in [1.29, 1.82) is 0 Å². The van der Waals surface area contributed by atoms with Gasteiger partial charge in [-0.05, 0) is 29.5 Å². The molecular formula is C17H26N2O3S. The molecule has 1 saturated heterocycles. The molecule has 1 amide bonds. The zero-order valence-corrected chi connectivity index (χ0v) is 15.4. The normalized spacial score (nSPS) is 20.7. The molecule has 0 radical (unpaired) electrons. The molecule has 0 aliphatic carbocycles. The minimum absolute atomic E-state index is 0.0301. The van der Waals surface area contributed by atoms with Crippen LogP contribution < -0.4 is 0 Å². The van der Waals surface area contributed by atoms with Crippen LogP contribution >= 0.6 is 0 Å². The molecule has 1 unspecified atom stereocenters. The molecular weight excluding hydrogens is 312 g/mol. The quantitative estimate of drug-likeness (QED) is 0.792. The summed E-state index contributed by atoms with van der Waals surface area (Å²) in [6.07, 6.45) is 0.492. The molecule has 1 fully saturated rings. The molecule has 1 aromatic rings. The molecule has 0 spiro atoms. The topological polar surface area (TPSA) is 57.7 Å². The van der Waals surface area contributed by atoms with Gasteiger partial charge in [0.2, 0.25) is 0 Å². The zero-order valence-electron chi connectivity index (χ0n) is 14.5. The van der Waals surface area contributed by atoms with E-state index in [0.717, 1.165) is 5.56 Å². The van der Waals surface area contributed by atoms with Crippen LogP contribution in [0.3, 0.4) is 0 Å². The van der Waals surface area contributed by atoms with Gasteiger partial charge in [0.25, 0.3) is 5.91 Å². The predicted octanol–water partition coefficient (Wildman–Crippen LogP) is 2.09. The Kier molecular flexibility index (Phi) is 4.87. The summed E-state index contributed by atoms with van der Waals surface area (Å²) >= 11 is 0. The van der Waals surface area contributed by atoms with Crippen molar-refractivity contribution in [2.75, 3.05) is 25.6 Å². The lowest BCUT2D eigenvalue weighted by atomic mass is 9.86. The van der Waals surface area contributed by atoms with Crippen molar-refractivity contribution in [3.05, 3.63) is 35.4 Å². The molecule has 0 aromatic heterocycles. The van der Waals surface area contributed by atoms with Crippen LogP contribution in [0, 0.1) is 0 Å². The molecule has 0 saturated carbocycles. The highest BCUT2D eigenvalue weighted by Crippen LogP contribution is 2.24. The second kappa shape index (κ2) is 6.24. The van der Waals surface area contributed by atoms with Crippen molar-refractivity contribution in [3.63, 3.8) is 0 Å². The molecule has 128 valence electrons. The van der Waals surface area contributed by atoms with Crippen molar-refractivity contribution < 1.29 is 13.2 Å². The van der Waals surface area contributed by atoms with Gasteiger partial charge in [0.1, 0.15) is 0 Å². The summed E-state index contributed by atoms with van der Waals surface area (Å²) in [5.74, 6) is 0.0347. The van der Waals surface area contributed by atoms with Crippen LogP contribution in [0.4, 0.5) is 0 Å². The lowest BCUT2D eigenvalue weighted by Crippen LogP contribution is -2.49. The molecule has 1 aliphatic rings. The number of hydrogen-bond donors (Lipinski definition) is 0. The molecule has 0 bridgehead atoms. The number of carbonyl (C=O) groups is 1. The Balaban J connectivity index is 2.25. The summed E-state index contributed by atoms with van der Waals surface area (Å²) in [4.78, 5) is 12.8. The summed E-state index contributed by atoms with van der Waals surface area (Å²) in [6, 6.07) is 7.29. The van der Waals surface area contributed by atoms with Gasteiger partial charge in [-0.15, -0.1) is 0 Å². The van der Waals surface area contributed by atoms with Gasteiger partial charge in [-0.1, -0.05) is 32.9 Å². The number of nitrogens with zero attached hydrogens (tertiary/aromatic N) is 2. The first-order chi connectivity index (χ1) is 10.5. The number of rotatable bonds is 3. The molecule has 1 aromatic carbocycles. The average molecular weight is 338 g/mol. The Labute approximate surface area is 139 Å². The Bertz CT molecular complexity index is 673. The minimum atomic E-state index is -3.04. The number of carbonyl (C=O) groups excluding carboxylic acids is 1. The third-order valence-corrected chi connectivity index (χ3v) is 5.94. The van der Waals surface area contributed by atoms with Crippen LogP contribution in [-0.4, -0.2) is 56.0 Å². The van der Waals surface area contributed by atoms with Crippen LogP contribution in [0.15, 0.2) is 24.3 Å². The fourth-order valence-corrected chi connectivity index (χ4v) is 4.58. The van der Waals surface area contributed by atoms with Crippen molar-refractivity contribution in [1.82, 2.24) is 10.0 Å². The number of hydrogen-bond acceptors (Lipinski definition) is 4. The third kappa shape index (κ3) is 4.12. The number of sulfone groups is 1. The highest BCUT2D eigenvalue weighted by Gasteiger charge is 2.36. The SMILES string of the molecule is CN(C)N(C(=O)c1ccc(C(C)(C)C)cc1)C1CCS(=O)(=O)C1. The van der Waals surface area contributed by atoms with E-state index in [4.69, 9.17) is 0 Å². The molecule has 1 atom stereocenters. The van der Waals surface area contributed by atoms with Crippen LogP contribution in [0.2, 0.25) is 0 Å². The molecule has 0 N–H and O–H groups in total. The van der Waals surface area contributed by atoms with E-state index < -0.39 is 9.84 Å². The summed E-state index contributed by atoms with van der Waals surface area (Å²) < 4.78 is 23.5. The first-order valence-corrected chi connectivity index (χ1v) is 9.65. The fraction of sp³-hybridized carbons (Fsp3) is 0.588. The maximum absolute atomic E-state index is 12.8. The molecule has 1 heterocycles. The Morgan fingerprint density at radius 3 is 2.09 bits per heavy atom. The largest absolute Gasteiger partial charge is 0.268 e. The summed E-state index contributed by atoms with van der Waals surface area (Å²) in [6.45, 7) is 6.37. The van der Waals surface area contributed by atoms with E-state index in [-0.39, 0.29) is 28.9 Å². The zero-order chi connectivity index (χ0) is 17.4. The van der Waals surface area contributed by atoms with E-state index in [1.165, 1.54) is 0 Å². The van der Waals surface area contributed by atoms with E-state index in [1.54, 1.807) is 24.1 Å². The van der Waals surface area contributed by atoms with Crippen LogP contribution in [0.1, 0.15) is 43.1 Å². The standard InChI is InChI=1S/C17H26N2O3S/c1-17(2,3)14-8-6-13(7-9-14)16(20)19(18(4)5)15-10-11-23(21,22)12-15/h6-9,15H,10-12H2,1-5H3. The van der Waals surface area contributed by atoms with Gasteiger partial charge in [-0.3, -0.25) is 9.80 Å². The minimum Gasteiger partial charge on any atom is -0.268 e. The maximum atomic E-state index is 12.8. The summed E-state index contributed by atoms with van der Waals surface area (Å²) in [7, 11) is 0.504. The van der Waals surface area contributed by atoms with Gasteiger partial charge in [0.15, 0.2) is 9.84 Å². The number of benzene rings is 1. The number of hydrazine groups is 1. The third-order valence-electron chi connectivity index (χ3n) is 4.19. The second-order valence-corrected chi connectivity index (χ2v) is 9.61. The van der Waals surface area contributed by atoms with Gasteiger partial charge in [-0.25, -0.2) is 13.4 Å². The molecule has 6 heteroatoms. The fourth-order valence-electron chi connectivity index (χ4n) is 2.89. The average Bonchev–Trinajstić information content (AvgIpc) is 2.77. The van der Waals surface area contributed by atoms with Gasteiger partial charge in [0, 0.05) is 19.7 Å². The number of amides is 1. The van der Waals surface area contributed by atoms with E-state index in [0.29, 0.717) is 12.0 Å². The first kappa shape index (κ1) is 17.9. The van der Waals surface area contributed by atoms with Crippen molar-refractivity contribution in [3.8, 4) is 0 Å². The molecule has 1 aliphatic heterocycles. The van der Waals surface area contributed by atoms with Crippen LogP contribution in [0.25, 0.3) is 0 Å². The molecule has 23 heavy (non-hydrogen) atoms. The first-order valence-electron chi connectivity index (χ1n) is 7.83. The Hall–Kier alpha value is -1.40. The highest BCUT2D eigenvalue weighted by atomic mass is 32.2. The van der Waals surface area contributed by atoms with Crippen LogP contribution in [-0.2, 0) is 15.3 Å². The van der Waals surface area contributed by atoms with E-state index >= 15 is 0 Å². The van der Waals surface area contributed by atoms with E-state index in [1.807, 2.05) is 24.3 Å². The Morgan fingerprint density at radius 2 is 1.70 bits per heavy atom. The highest BCUT2D eigenvalue weighted by molar-refractivity contribution is 7.91. The smallest absolute Gasteiger partial charge is 0.268 e.